The zero-order valence-electron chi connectivity index (χ0n) is 10.7. The zero-order chi connectivity index (χ0) is 13.5. The van der Waals surface area contributed by atoms with Gasteiger partial charge in [0.25, 0.3) is 0 Å². The highest BCUT2D eigenvalue weighted by atomic mass is 16.5. The van der Waals surface area contributed by atoms with Crippen molar-refractivity contribution in [1.82, 2.24) is 15.5 Å². The number of carbonyl (C=O) groups is 3. The summed E-state index contributed by atoms with van der Waals surface area (Å²) in [6, 6.07) is -0.383. The second kappa shape index (κ2) is 6.95. The Kier molecular flexibility index (Phi) is 5.57. The monoisotopic (exact) mass is 257 g/mol. The van der Waals surface area contributed by atoms with Gasteiger partial charge in [0, 0.05) is 26.6 Å². The first-order valence-electron chi connectivity index (χ1n) is 5.86. The van der Waals surface area contributed by atoms with Gasteiger partial charge in [0.1, 0.15) is 6.04 Å². The van der Waals surface area contributed by atoms with Crippen LogP contribution in [0.1, 0.15) is 12.8 Å². The smallest absolute Gasteiger partial charge is 0.305 e. The Morgan fingerprint density at radius 3 is 2.78 bits per heavy atom. The Morgan fingerprint density at radius 1 is 1.50 bits per heavy atom. The van der Waals surface area contributed by atoms with Gasteiger partial charge in [-0.25, -0.2) is 0 Å². The topological polar surface area (TPSA) is 87.7 Å². The van der Waals surface area contributed by atoms with E-state index in [1.807, 2.05) is 0 Å². The maximum atomic E-state index is 11.9. The van der Waals surface area contributed by atoms with E-state index >= 15 is 0 Å². The lowest BCUT2D eigenvalue weighted by atomic mass is 10.2. The van der Waals surface area contributed by atoms with E-state index < -0.39 is 0 Å². The Balaban J connectivity index is 2.28. The number of hydrogen-bond acceptors (Lipinski definition) is 5. The van der Waals surface area contributed by atoms with Crippen molar-refractivity contribution in [3.63, 3.8) is 0 Å². The lowest BCUT2D eigenvalue weighted by Gasteiger charge is -2.27. The first kappa shape index (κ1) is 14.4. The first-order chi connectivity index (χ1) is 8.54. The molecule has 1 atom stereocenters. The van der Waals surface area contributed by atoms with E-state index in [1.54, 1.807) is 11.9 Å². The zero-order valence-corrected chi connectivity index (χ0v) is 10.7. The Bertz CT molecular complexity index is 322. The third-order valence-corrected chi connectivity index (χ3v) is 2.79. The van der Waals surface area contributed by atoms with Gasteiger partial charge in [-0.05, 0) is 6.42 Å². The van der Waals surface area contributed by atoms with Crippen LogP contribution in [0.2, 0.25) is 0 Å². The lowest BCUT2D eigenvalue weighted by Crippen LogP contribution is -2.58. The van der Waals surface area contributed by atoms with Gasteiger partial charge in [0.05, 0.1) is 13.7 Å². The molecule has 1 aliphatic heterocycles. The fraction of sp³-hybridized carbons (Fsp3) is 0.727. The molecule has 0 aromatic rings. The Morgan fingerprint density at radius 2 is 2.22 bits per heavy atom. The molecular formula is C11H19N3O4. The maximum absolute atomic E-state index is 11.9. The van der Waals surface area contributed by atoms with Gasteiger partial charge in [-0.1, -0.05) is 0 Å². The molecule has 0 aromatic carbocycles. The standard InChI is InChI=1S/C11H19N3O4/c1-14(5-3-4-10(16)18-2)11(17)8-6-13-9(15)7-12-8/h8,12H,3-7H2,1-2H3,(H,13,15). The van der Waals surface area contributed by atoms with Crippen molar-refractivity contribution >= 4 is 17.8 Å². The van der Waals surface area contributed by atoms with Gasteiger partial charge >= 0.3 is 5.97 Å². The summed E-state index contributed by atoms with van der Waals surface area (Å²) in [7, 11) is 3.02. The molecule has 2 N–H and O–H groups in total. The number of esters is 1. The quantitative estimate of drug-likeness (QED) is 0.584. The number of ether oxygens (including phenoxy) is 1. The summed E-state index contributed by atoms with van der Waals surface area (Å²) in [5, 5.41) is 5.49. The molecule has 1 heterocycles. The summed E-state index contributed by atoms with van der Waals surface area (Å²) < 4.78 is 4.52. The number of rotatable bonds is 5. The second-order valence-corrected chi connectivity index (χ2v) is 4.18. The van der Waals surface area contributed by atoms with Crippen LogP contribution in [-0.2, 0) is 19.1 Å². The fourth-order valence-corrected chi connectivity index (χ4v) is 1.68. The van der Waals surface area contributed by atoms with Gasteiger partial charge in [-0.2, -0.15) is 0 Å². The Hall–Kier alpha value is -1.63. The van der Waals surface area contributed by atoms with Gasteiger partial charge in [0.2, 0.25) is 11.8 Å². The predicted molar refractivity (Wildman–Crippen MR) is 63.7 cm³/mol. The molecule has 1 saturated heterocycles. The minimum Gasteiger partial charge on any atom is -0.469 e. The van der Waals surface area contributed by atoms with Crippen LogP contribution in [0, 0.1) is 0 Å². The molecule has 0 aliphatic carbocycles. The van der Waals surface area contributed by atoms with E-state index in [0.717, 1.165) is 0 Å². The number of piperazine rings is 1. The average Bonchev–Trinajstić information content (AvgIpc) is 2.38. The summed E-state index contributed by atoms with van der Waals surface area (Å²) in [5.41, 5.74) is 0. The van der Waals surface area contributed by atoms with Crippen molar-refractivity contribution in [1.29, 1.82) is 0 Å². The molecule has 7 heteroatoms. The van der Waals surface area contributed by atoms with E-state index in [-0.39, 0.29) is 30.4 Å². The molecule has 2 amide bonds. The number of carbonyl (C=O) groups excluding carboxylic acids is 3. The number of nitrogens with zero attached hydrogens (tertiary/aromatic N) is 1. The summed E-state index contributed by atoms with van der Waals surface area (Å²) in [6.07, 6.45) is 0.858. The molecule has 1 unspecified atom stereocenters. The van der Waals surface area contributed by atoms with Crippen LogP contribution in [-0.4, -0.2) is 62.5 Å². The van der Waals surface area contributed by atoms with Gasteiger partial charge in [-0.15, -0.1) is 0 Å². The molecule has 1 rings (SSSR count). The van der Waals surface area contributed by atoms with Crippen molar-refractivity contribution < 1.29 is 19.1 Å². The Labute approximate surface area is 106 Å². The molecule has 18 heavy (non-hydrogen) atoms. The average molecular weight is 257 g/mol. The molecule has 0 radical (unpaired) electrons. The second-order valence-electron chi connectivity index (χ2n) is 4.18. The van der Waals surface area contributed by atoms with E-state index in [4.69, 9.17) is 0 Å². The van der Waals surface area contributed by atoms with Gasteiger partial charge < -0.3 is 15.0 Å². The predicted octanol–water partition coefficient (Wildman–Crippen LogP) is -1.51. The van der Waals surface area contributed by atoms with Crippen LogP contribution in [0.4, 0.5) is 0 Å². The first-order valence-corrected chi connectivity index (χ1v) is 5.86. The summed E-state index contributed by atoms with van der Waals surface area (Å²) >= 11 is 0. The van der Waals surface area contributed by atoms with Crippen molar-refractivity contribution in [2.45, 2.75) is 18.9 Å². The largest absolute Gasteiger partial charge is 0.469 e. The van der Waals surface area contributed by atoms with Crippen LogP contribution in [0.3, 0.4) is 0 Å². The van der Waals surface area contributed by atoms with Crippen molar-refractivity contribution in [2.24, 2.45) is 0 Å². The van der Waals surface area contributed by atoms with Crippen molar-refractivity contribution in [3.05, 3.63) is 0 Å². The molecule has 0 spiro atoms. The fourth-order valence-electron chi connectivity index (χ4n) is 1.68. The number of nitrogens with one attached hydrogen (secondary N) is 2. The maximum Gasteiger partial charge on any atom is 0.305 e. The van der Waals surface area contributed by atoms with E-state index in [9.17, 15) is 14.4 Å². The van der Waals surface area contributed by atoms with E-state index in [0.29, 0.717) is 25.9 Å². The molecule has 1 aliphatic rings. The third-order valence-electron chi connectivity index (χ3n) is 2.79. The van der Waals surface area contributed by atoms with Crippen molar-refractivity contribution in [2.75, 3.05) is 33.8 Å². The van der Waals surface area contributed by atoms with Gasteiger partial charge in [-0.3, -0.25) is 19.7 Å². The molecular weight excluding hydrogens is 238 g/mol. The molecule has 102 valence electrons. The third kappa shape index (κ3) is 4.33. The number of methoxy groups -OCH3 is 1. The minimum absolute atomic E-state index is 0.0835. The SMILES string of the molecule is COC(=O)CCCN(C)C(=O)C1CNC(=O)CN1. The van der Waals surface area contributed by atoms with Crippen LogP contribution in [0.15, 0.2) is 0 Å². The highest BCUT2D eigenvalue weighted by Crippen LogP contribution is 1.99. The van der Waals surface area contributed by atoms with E-state index in [1.165, 1.54) is 7.11 Å². The highest BCUT2D eigenvalue weighted by Gasteiger charge is 2.25. The normalized spacial score (nSPS) is 19.0. The van der Waals surface area contributed by atoms with Gasteiger partial charge in [0.15, 0.2) is 0 Å². The lowest BCUT2D eigenvalue weighted by molar-refractivity contribution is -0.141. The van der Waals surface area contributed by atoms with E-state index in [2.05, 4.69) is 15.4 Å². The molecule has 0 bridgehead atoms. The number of likely N-dealkylation sites (N-methyl/N-ethyl adjacent to an activating group) is 1. The number of amides is 2. The van der Waals surface area contributed by atoms with Crippen LogP contribution in [0.25, 0.3) is 0 Å². The minimum atomic E-state index is -0.383. The molecule has 1 fully saturated rings. The van der Waals surface area contributed by atoms with Crippen LogP contribution < -0.4 is 10.6 Å². The number of hydrogen-bond donors (Lipinski definition) is 2. The highest BCUT2D eigenvalue weighted by molar-refractivity contribution is 5.86. The summed E-state index contributed by atoms with van der Waals surface area (Å²) in [4.78, 5) is 35.3. The van der Waals surface area contributed by atoms with Crippen LogP contribution in [0.5, 0.6) is 0 Å². The summed E-state index contributed by atoms with van der Waals surface area (Å²) in [6.45, 7) is 0.950. The van der Waals surface area contributed by atoms with Crippen molar-refractivity contribution in [3.8, 4) is 0 Å². The molecule has 0 saturated carbocycles. The molecule has 0 aromatic heterocycles. The van der Waals surface area contributed by atoms with Crippen LogP contribution >= 0.6 is 0 Å². The summed E-state index contributed by atoms with van der Waals surface area (Å²) in [5.74, 6) is -0.467. The molecule has 7 nitrogen and oxygen atoms in total.